The molecule has 0 aliphatic carbocycles. The maximum atomic E-state index is 5.42. The summed E-state index contributed by atoms with van der Waals surface area (Å²) in [5.74, 6) is 0.845. The van der Waals surface area contributed by atoms with E-state index in [4.69, 9.17) is 9.72 Å². The minimum Gasteiger partial charge on any atom is -0.494 e. The summed E-state index contributed by atoms with van der Waals surface area (Å²) < 4.78 is 5.42. The van der Waals surface area contributed by atoms with Crippen molar-refractivity contribution in [2.75, 3.05) is 34.3 Å². The van der Waals surface area contributed by atoms with E-state index in [9.17, 15) is 0 Å². The SMILES string of the molecule is COc1cccc2ccc(CN(C)C3CCN(C)C3)nc12. The second-order valence-corrected chi connectivity index (χ2v) is 5.95. The van der Waals surface area contributed by atoms with E-state index in [0.717, 1.165) is 35.4 Å². The van der Waals surface area contributed by atoms with Gasteiger partial charge in [0, 0.05) is 24.5 Å². The fraction of sp³-hybridized carbons (Fsp3) is 0.471. The molecule has 1 aliphatic rings. The lowest BCUT2D eigenvalue weighted by molar-refractivity contribution is 0.232. The number of benzene rings is 1. The van der Waals surface area contributed by atoms with Gasteiger partial charge in [-0.15, -0.1) is 0 Å². The van der Waals surface area contributed by atoms with Gasteiger partial charge in [-0.25, -0.2) is 4.98 Å². The van der Waals surface area contributed by atoms with E-state index in [2.05, 4.69) is 42.1 Å². The van der Waals surface area contributed by atoms with Crippen molar-refractivity contribution in [1.29, 1.82) is 0 Å². The first-order valence-corrected chi connectivity index (χ1v) is 7.49. The van der Waals surface area contributed by atoms with Crippen LogP contribution in [0, 0.1) is 0 Å². The summed E-state index contributed by atoms with van der Waals surface area (Å²) in [6.45, 7) is 3.22. The highest BCUT2D eigenvalue weighted by molar-refractivity contribution is 5.84. The summed E-state index contributed by atoms with van der Waals surface area (Å²) in [5.41, 5.74) is 2.05. The van der Waals surface area contributed by atoms with Gasteiger partial charge in [0.25, 0.3) is 0 Å². The van der Waals surface area contributed by atoms with Crippen molar-refractivity contribution < 1.29 is 4.74 Å². The van der Waals surface area contributed by atoms with Crippen LogP contribution in [0.15, 0.2) is 30.3 Å². The van der Waals surface area contributed by atoms with E-state index in [0.29, 0.717) is 6.04 Å². The fourth-order valence-electron chi connectivity index (χ4n) is 3.07. The minimum atomic E-state index is 0.630. The quantitative estimate of drug-likeness (QED) is 0.862. The van der Waals surface area contributed by atoms with Crippen LogP contribution in [0.4, 0.5) is 0 Å². The van der Waals surface area contributed by atoms with Crippen LogP contribution >= 0.6 is 0 Å². The summed E-state index contributed by atoms with van der Waals surface area (Å²) >= 11 is 0. The molecule has 1 aromatic carbocycles. The highest BCUT2D eigenvalue weighted by atomic mass is 16.5. The zero-order chi connectivity index (χ0) is 14.8. The Morgan fingerprint density at radius 2 is 2.19 bits per heavy atom. The molecule has 1 saturated heterocycles. The molecule has 112 valence electrons. The van der Waals surface area contributed by atoms with Crippen LogP contribution in [0.2, 0.25) is 0 Å². The summed E-state index contributed by atoms with van der Waals surface area (Å²) in [6, 6.07) is 10.9. The van der Waals surface area contributed by atoms with Crippen LogP contribution in [0.1, 0.15) is 12.1 Å². The number of likely N-dealkylation sites (N-methyl/N-ethyl adjacent to an activating group) is 2. The average molecular weight is 285 g/mol. The van der Waals surface area contributed by atoms with Gasteiger partial charge in [0.2, 0.25) is 0 Å². The maximum Gasteiger partial charge on any atom is 0.145 e. The van der Waals surface area contributed by atoms with Crippen molar-refractivity contribution in [3.05, 3.63) is 36.0 Å². The van der Waals surface area contributed by atoms with E-state index in [1.165, 1.54) is 13.0 Å². The number of likely N-dealkylation sites (tertiary alicyclic amines) is 1. The Balaban J connectivity index is 1.81. The third kappa shape index (κ3) is 3.01. The molecule has 0 N–H and O–H groups in total. The molecule has 0 saturated carbocycles. The van der Waals surface area contributed by atoms with Gasteiger partial charge in [-0.05, 0) is 39.2 Å². The Morgan fingerprint density at radius 1 is 1.33 bits per heavy atom. The van der Waals surface area contributed by atoms with Gasteiger partial charge in [-0.1, -0.05) is 18.2 Å². The second kappa shape index (κ2) is 6.00. The number of para-hydroxylation sites is 1. The van der Waals surface area contributed by atoms with Crippen molar-refractivity contribution >= 4 is 10.9 Å². The van der Waals surface area contributed by atoms with Crippen molar-refractivity contribution in [3.63, 3.8) is 0 Å². The van der Waals surface area contributed by atoms with Crippen LogP contribution in [-0.4, -0.2) is 55.1 Å². The first-order chi connectivity index (χ1) is 10.2. The summed E-state index contributed by atoms with van der Waals surface area (Å²) in [6.07, 6.45) is 1.24. The molecule has 1 aromatic heterocycles. The summed E-state index contributed by atoms with van der Waals surface area (Å²) in [7, 11) is 6.08. The molecule has 4 heteroatoms. The highest BCUT2D eigenvalue weighted by Crippen LogP contribution is 2.24. The molecule has 3 rings (SSSR count). The third-order valence-electron chi connectivity index (χ3n) is 4.36. The van der Waals surface area contributed by atoms with E-state index < -0.39 is 0 Å². The van der Waals surface area contributed by atoms with Crippen LogP contribution in [0.25, 0.3) is 10.9 Å². The van der Waals surface area contributed by atoms with E-state index >= 15 is 0 Å². The number of fused-ring (bicyclic) bond motifs is 1. The number of nitrogens with zero attached hydrogens (tertiary/aromatic N) is 3. The first kappa shape index (κ1) is 14.3. The number of hydrogen-bond donors (Lipinski definition) is 0. The Kier molecular flexibility index (Phi) is 4.08. The van der Waals surface area contributed by atoms with Crippen molar-refractivity contribution in [2.45, 2.75) is 19.0 Å². The molecule has 0 radical (unpaired) electrons. The fourth-order valence-corrected chi connectivity index (χ4v) is 3.07. The van der Waals surface area contributed by atoms with Gasteiger partial charge in [0.1, 0.15) is 11.3 Å². The predicted molar refractivity (Wildman–Crippen MR) is 85.7 cm³/mol. The monoisotopic (exact) mass is 285 g/mol. The second-order valence-electron chi connectivity index (χ2n) is 5.95. The van der Waals surface area contributed by atoms with Gasteiger partial charge >= 0.3 is 0 Å². The first-order valence-electron chi connectivity index (χ1n) is 7.49. The summed E-state index contributed by atoms with van der Waals surface area (Å²) in [4.78, 5) is 9.59. The van der Waals surface area contributed by atoms with Crippen LogP contribution < -0.4 is 4.74 Å². The topological polar surface area (TPSA) is 28.6 Å². The van der Waals surface area contributed by atoms with E-state index in [-0.39, 0.29) is 0 Å². The molecule has 21 heavy (non-hydrogen) atoms. The number of rotatable bonds is 4. The lowest BCUT2D eigenvalue weighted by Gasteiger charge is -2.23. The van der Waals surface area contributed by atoms with Crippen LogP contribution in [0.3, 0.4) is 0 Å². The smallest absolute Gasteiger partial charge is 0.145 e. The molecule has 2 aromatic rings. The van der Waals surface area contributed by atoms with Gasteiger partial charge < -0.3 is 9.64 Å². The van der Waals surface area contributed by atoms with Gasteiger partial charge in [-0.2, -0.15) is 0 Å². The molecule has 0 amide bonds. The van der Waals surface area contributed by atoms with Gasteiger partial charge in [-0.3, -0.25) is 4.90 Å². The third-order valence-corrected chi connectivity index (χ3v) is 4.36. The molecule has 1 atom stereocenters. The number of methoxy groups -OCH3 is 1. The standard InChI is InChI=1S/C17H23N3O/c1-19-10-9-15(12-19)20(2)11-14-8-7-13-5-4-6-16(21-3)17(13)18-14/h4-8,15H,9-12H2,1-3H3. The Labute approximate surface area is 126 Å². The van der Waals surface area contributed by atoms with Gasteiger partial charge in [0.05, 0.1) is 12.8 Å². The van der Waals surface area contributed by atoms with E-state index in [1.54, 1.807) is 7.11 Å². The summed E-state index contributed by atoms with van der Waals surface area (Å²) in [5, 5.41) is 1.13. The van der Waals surface area contributed by atoms with E-state index in [1.807, 2.05) is 12.1 Å². The van der Waals surface area contributed by atoms with Crippen LogP contribution in [-0.2, 0) is 6.54 Å². The zero-order valence-corrected chi connectivity index (χ0v) is 13.0. The molecular formula is C17H23N3O. The molecule has 0 bridgehead atoms. The minimum absolute atomic E-state index is 0.630. The molecule has 0 spiro atoms. The molecule has 4 nitrogen and oxygen atoms in total. The number of ether oxygens (including phenoxy) is 1. The largest absolute Gasteiger partial charge is 0.494 e. The number of pyridine rings is 1. The number of aromatic nitrogens is 1. The molecule has 2 heterocycles. The predicted octanol–water partition coefficient (Wildman–Crippen LogP) is 2.38. The normalized spacial score (nSPS) is 19.5. The molecule has 1 aliphatic heterocycles. The molecule has 1 unspecified atom stereocenters. The van der Waals surface area contributed by atoms with Crippen molar-refractivity contribution in [3.8, 4) is 5.75 Å². The Bertz CT molecular complexity index is 628. The average Bonchev–Trinajstić information content (AvgIpc) is 2.93. The number of hydrogen-bond acceptors (Lipinski definition) is 4. The maximum absolute atomic E-state index is 5.42. The Hall–Kier alpha value is -1.65. The van der Waals surface area contributed by atoms with Crippen LogP contribution in [0.5, 0.6) is 5.75 Å². The van der Waals surface area contributed by atoms with Gasteiger partial charge in [0.15, 0.2) is 0 Å². The Morgan fingerprint density at radius 3 is 2.90 bits per heavy atom. The zero-order valence-electron chi connectivity index (χ0n) is 13.0. The lowest BCUT2D eigenvalue weighted by atomic mass is 10.1. The molecule has 1 fully saturated rings. The highest BCUT2D eigenvalue weighted by Gasteiger charge is 2.23. The molecular weight excluding hydrogens is 262 g/mol. The van der Waals surface area contributed by atoms with Crippen molar-refractivity contribution in [2.24, 2.45) is 0 Å². The lowest BCUT2D eigenvalue weighted by Crippen LogP contribution is -2.33. The van der Waals surface area contributed by atoms with Crippen molar-refractivity contribution in [1.82, 2.24) is 14.8 Å².